The van der Waals surface area contributed by atoms with Crippen molar-refractivity contribution in [1.29, 1.82) is 0 Å². The van der Waals surface area contributed by atoms with Crippen molar-refractivity contribution in [2.24, 2.45) is 0 Å². The molecule has 0 aromatic heterocycles. The van der Waals surface area contributed by atoms with Crippen LogP contribution in [0.1, 0.15) is 26.2 Å². The Morgan fingerprint density at radius 3 is 2.25 bits per heavy atom. The highest BCUT2D eigenvalue weighted by Gasteiger charge is 2.18. The van der Waals surface area contributed by atoms with E-state index in [0.29, 0.717) is 5.54 Å². The first kappa shape index (κ1) is 12.5. The van der Waals surface area contributed by atoms with Gasteiger partial charge in [0.2, 0.25) is 0 Å². The maximum atomic E-state index is 5.29. The van der Waals surface area contributed by atoms with Crippen LogP contribution < -0.4 is 0 Å². The van der Waals surface area contributed by atoms with Crippen LogP contribution in [0.2, 0.25) is 5.54 Å². The van der Waals surface area contributed by atoms with Crippen molar-refractivity contribution in [1.82, 2.24) is 0 Å². The monoisotopic (exact) mass is 208 g/mol. The topological polar surface area (TPSA) is 18.5 Å². The summed E-state index contributed by atoms with van der Waals surface area (Å²) in [6.45, 7) is 2.21. The average Bonchev–Trinajstić information content (AvgIpc) is 2.07. The minimum atomic E-state index is -1.35. The van der Waals surface area contributed by atoms with Gasteiger partial charge in [-0.15, -0.1) is 0 Å². The van der Waals surface area contributed by atoms with Gasteiger partial charge in [-0.05, 0) is 24.1 Å². The van der Waals surface area contributed by atoms with Crippen LogP contribution in [0.5, 0.6) is 0 Å². The Labute approximate surface area is 82.9 Å². The summed E-state index contributed by atoms with van der Waals surface area (Å²) >= 11 is 4.17. The van der Waals surface area contributed by atoms with Crippen molar-refractivity contribution in [3.8, 4) is 0 Å². The SMILES string of the molecule is CO[SiH](OC)C(C)CCCCS. The molecular weight excluding hydrogens is 188 g/mol. The lowest BCUT2D eigenvalue weighted by Crippen LogP contribution is -2.24. The summed E-state index contributed by atoms with van der Waals surface area (Å²) in [7, 11) is 2.14. The van der Waals surface area contributed by atoms with Gasteiger partial charge in [0, 0.05) is 14.2 Å². The predicted octanol–water partition coefficient (Wildman–Crippen LogP) is 1.99. The molecule has 0 aliphatic rings. The van der Waals surface area contributed by atoms with E-state index in [1.165, 1.54) is 19.3 Å². The lowest BCUT2D eigenvalue weighted by atomic mass is 10.2. The van der Waals surface area contributed by atoms with Crippen molar-refractivity contribution in [3.63, 3.8) is 0 Å². The summed E-state index contributed by atoms with van der Waals surface area (Å²) in [5.41, 5.74) is 0.611. The highest BCUT2D eigenvalue weighted by molar-refractivity contribution is 7.80. The summed E-state index contributed by atoms with van der Waals surface area (Å²) in [5.74, 6) is 0.985. The lowest BCUT2D eigenvalue weighted by molar-refractivity contribution is 0.264. The molecule has 0 rings (SSSR count). The molecule has 1 atom stereocenters. The van der Waals surface area contributed by atoms with Crippen LogP contribution in [0.15, 0.2) is 0 Å². The van der Waals surface area contributed by atoms with Crippen molar-refractivity contribution >= 4 is 21.9 Å². The second-order valence-electron chi connectivity index (χ2n) is 3.04. The van der Waals surface area contributed by atoms with Crippen LogP contribution in [-0.2, 0) is 8.85 Å². The van der Waals surface area contributed by atoms with Gasteiger partial charge >= 0.3 is 9.28 Å². The van der Waals surface area contributed by atoms with Crippen molar-refractivity contribution in [2.45, 2.75) is 31.7 Å². The average molecular weight is 208 g/mol. The van der Waals surface area contributed by atoms with Gasteiger partial charge in [-0.25, -0.2) is 0 Å². The molecule has 0 heterocycles. The number of rotatable bonds is 7. The lowest BCUT2D eigenvalue weighted by Gasteiger charge is -2.18. The van der Waals surface area contributed by atoms with Crippen LogP contribution in [-0.4, -0.2) is 29.3 Å². The zero-order valence-electron chi connectivity index (χ0n) is 8.25. The van der Waals surface area contributed by atoms with Gasteiger partial charge in [0.1, 0.15) is 0 Å². The zero-order chi connectivity index (χ0) is 9.40. The molecule has 0 radical (unpaired) electrons. The number of hydrogen-bond acceptors (Lipinski definition) is 3. The fourth-order valence-corrected chi connectivity index (χ4v) is 3.13. The molecule has 1 unspecified atom stereocenters. The van der Waals surface area contributed by atoms with Crippen LogP contribution in [0.4, 0.5) is 0 Å². The van der Waals surface area contributed by atoms with Gasteiger partial charge in [0.15, 0.2) is 0 Å². The highest BCUT2D eigenvalue weighted by atomic mass is 32.1. The van der Waals surface area contributed by atoms with E-state index in [2.05, 4.69) is 19.6 Å². The number of hydrogen-bond donors (Lipinski definition) is 1. The Morgan fingerprint density at radius 1 is 1.25 bits per heavy atom. The standard InChI is InChI=1S/C8H20O2SSi/c1-8(6-4-5-7-11)12(9-2)10-3/h8,11-12H,4-7H2,1-3H3. The largest absolute Gasteiger partial charge is 0.400 e. The summed E-state index contributed by atoms with van der Waals surface area (Å²) in [6, 6.07) is 0. The zero-order valence-corrected chi connectivity index (χ0v) is 10.3. The number of thiol groups is 1. The fourth-order valence-electron chi connectivity index (χ4n) is 1.28. The third-order valence-electron chi connectivity index (χ3n) is 2.00. The summed E-state index contributed by atoms with van der Waals surface area (Å²) in [6.07, 6.45) is 3.64. The van der Waals surface area contributed by atoms with E-state index in [0.717, 1.165) is 5.75 Å². The molecule has 74 valence electrons. The molecule has 0 bridgehead atoms. The molecule has 12 heavy (non-hydrogen) atoms. The molecule has 0 spiro atoms. The first-order valence-corrected chi connectivity index (χ1v) is 6.66. The normalized spacial score (nSPS) is 13.8. The van der Waals surface area contributed by atoms with Crippen LogP contribution >= 0.6 is 12.6 Å². The van der Waals surface area contributed by atoms with Crippen molar-refractivity contribution < 1.29 is 8.85 Å². The van der Waals surface area contributed by atoms with E-state index in [1.54, 1.807) is 14.2 Å². The Morgan fingerprint density at radius 2 is 1.83 bits per heavy atom. The maximum Gasteiger partial charge on any atom is 0.323 e. The van der Waals surface area contributed by atoms with E-state index < -0.39 is 9.28 Å². The fraction of sp³-hybridized carbons (Fsp3) is 1.00. The van der Waals surface area contributed by atoms with Gasteiger partial charge < -0.3 is 8.85 Å². The van der Waals surface area contributed by atoms with E-state index in [4.69, 9.17) is 8.85 Å². The maximum absolute atomic E-state index is 5.29. The molecule has 0 N–H and O–H groups in total. The minimum absolute atomic E-state index is 0.611. The molecule has 0 aliphatic heterocycles. The van der Waals surface area contributed by atoms with Crippen LogP contribution in [0.25, 0.3) is 0 Å². The predicted molar refractivity (Wildman–Crippen MR) is 58.3 cm³/mol. The third-order valence-corrected chi connectivity index (χ3v) is 4.50. The van der Waals surface area contributed by atoms with Crippen LogP contribution in [0.3, 0.4) is 0 Å². The van der Waals surface area contributed by atoms with Gasteiger partial charge in [-0.2, -0.15) is 12.6 Å². The Kier molecular flexibility index (Phi) is 8.43. The highest BCUT2D eigenvalue weighted by Crippen LogP contribution is 2.18. The quantitative estimate of drug-likeness (QED) is 0.392. The second-order valence-corrected chi connectivity index (χ2v) is 6.30. The number of unbranched alkanes of at least 4 members (excludes halogenated alkanes) is 1. The summed E-state index contributed by atoms with van der Waals surface area (Å²) in [4.78, 5) is 0. The molecule has 0 fully saturated rings. The van der Waals surface area contributed by atoms with Crippen molar-refractivity contribution in [3.05, 3.63) is 0 Å². The van der Waals surface area contributed by atoms with E-state index >= 15 is 0 Å². The van der Waals surface area contributed by atoms with Gasteiger partial charge in [0.05, 0.1) is 0 Å². The Balaban J connectivity index is 3.47. The first-order valence-electron chi connectivity index (χ1n) is 4.42. The summed E-state index contributed by atoms with van der Waals surface area (Å²) < 4.78 is 10.6. The minimum Gasteiger partial charge on any atom is -0.400 e. The third kappa shape index (κ3) is 5.19. The van der Waals surface area contributed by atoms with Crippen LogP contribution in [0, 0.1) is 0 Å². The molecule has 0 aliphatic carbocycles. The molecule has 0 aromatic carbocycles. The van der Waals surface area contributed by atoms with E-state index in [-0.39, 0.29) is 0 Å². The molecular formula is C8H20O2SSi. The molecule has 0 saturated carbocycles. The smallest absolute Gasteiger partial charge is 0.323 e. The van der Waals surface area contributed by atoms with Gasteiger partial charge in [-0.1, -0.05) is 13.3 Å². The first-order chi connectivity index (χ1) is 5.76. The molecule has 0 amide bonds. The molecule has 2 nitrogen and oxygen atoms in total. The van der Waals surface area contributed by atoms with E-state index in [9.17, 15) is 0 Å². The van der Waals surface area contributed by atoms with Gasteiger partial charge in [-0.3, -0.25) is 0 Å². The van der Waals surface area contributed by atoms with Crippen molar-refractivity contribution in [2.75, 3.05) is 20.0 Å². The van der Waals surface area contributed by atoms with E-state index in [1.807, 2.05) is 0 Å². The summed E-state index contributed by atoms with van der Waals surface area (Å²) in [5, 5.41) is 0. The molecule has 0 aromatic rings. The Hall–Kier alpha value is 0.487. The van der Waals surface area contributed by atoms with Gasteiger partial charge in [0.25, 0.3) is 0 Å². The Bertz CT molecular complexity index is 99.1. The molecule has 4 heteroatoms. The molecule has 0 saturated heterocycles. The second kappa shape index (κ2) is 8.10.